The van der Waals surface area contributed by atoms with Crippen LogP contribution in [-0.4, -0.2) is 10.7 Å². The summed E-state index contributed by atoms with van der Waals surface area (Å²) in [4.78, 5) is 11.6. The van der Waals surface area contributed by atoms with Crippen molar-refractivity contribution >= 4 is 34.0 Å². The number of fused-ring (bicyclic) bond motifs is 1. The summed E-state index contributed by atoms with van der Waals surface area (Å²) in [6.45, 7) is 1.92. The van der Waals surface area contributed by atoms with Gasteiger partial charge in [-0.15, -0.1) is 0 Å². The Morgan fingerprint density at radius 1 is 1.12 bits per heavy atom. The smallest absolute Gasteiger partial charge is 0.336 e. The minimum absolute atomic E-state index is 0.193. The summed E-state index contributed by atoms with van der Waals surface area (Å²) in [5.74, 6) is 2.65. The predicted octanol–water partition coefficient (Wildman–Crippen LogP) is 4.36. The Morgan fingerprint density at radius 2 is 1.77 bits per heavy atom. The van der Waals surface area contributed by atoms with Crippen molar-refractivity contribution in [3.8, 4) is 0 Å². The third-order valence-corrected chi connectivity index (χ3v) is 6.83. The predicted molar refractivity (Wildman–Crippen MR) is 107 cm³/mol. The second-order valence-electron chi connectivity index (χ2n) is 8.74. The van der Waals surface area contributed by atoms with E-state index in [9.17, 15) is 4.79 Å². The molecule has 2 aromatic rings. The van der Waals surface area contributed by atoms with E-state index in [2.05, 4.69) is 10.6 Å². The Kier molecular flexibility index (Phi) is 3.64. The molecule has 136 valence electrons. The topological polar surface area (TPSA) is 54.3 Å². The van der Waals surface area contributed by atoms with Gasteiger partial charge in [0.1, 0.15) is 5.58 Å². The summed E-state index contributed by atoms with van der Waals surface area (Å²) < 4.78 is 5.34. The monoisotopic (exact) mass is 368 g/mol. The highest BCUT2D eigenvalue weighted by Crippen LogP contribution is 2.55. The van der Waals surface area contributed by atoms with Crippen LogP contribution in [0.1, 0.15) is 44.1 Å². The number of nitrogens with one attached hydrogen (secondary N) is 2. The maximum atomic E-state index is 11.6. The number of aryl methyl sites for hydroxylation is 1. The van der Waals surface area contributed by atoms with Crippen LogP contribution in [0.15, 0.2) is 33.5 Å². The average molecular weight is 369 g/mol. The Morgan fingerprint density at radius 3 is 2.42 bits per heavy atom. The molecular formula is C21H24N2O2S. The van der Waals surface area contributed by atoms with E-state index >= 15 is 0 Å². The van der Waals surface area contributed by atoms with E-state index in [1.165, 1.54) is 44.6 Å². The zero-order valence-corrected chi connectivity index (χ0v) is 15.8. The molecule has 0 saturated heterocycles. The molecule has 5 heteroatoms. The minimum atomic E-state index is -0.318. The summed E-state index contributed by atoms with van der Waals surface area (Å²) in [5, 5.41) is 8.61. The van der Waals surface area contributed by atoms with Gasteiger partial charge in [-0.1, -0.05) is 0 Å². The molecule has 4 aliphatic carbocycles. The van der Waals surface area contributed by atoms with Crippen molar-refractivity contribution in [3.05, 3.63) is 40.2 Å². The molecule has 4 fully saturated rings. The van der Waals surface area contributed by atoms with Crippen LogP contribution in [0.25, 0.3) is 11.0 Å². The maximum Gasteiger partial charge on any atom is 0.336 e. The van der Waals surface area contributed by atoms with Crippen LogP contribution in [0.5, 0.6) is 0 Å². The van der Waals surface area contributed by atoms with Gasteiger partial charge in [0, 0.05) is 28.7 Å². The van der Waals surface area contributed by atoms with Gasteiger partial charge in [-0.25, -0.2) is 4.79 Å². The van der Waals surface area contributed by atoms with Gasteiger partial charge in [-0.05, 0) is 93.1 Å². The Bertz CT molecular complexity index is 913. The minimum Gasteiger partial charge on any atom is -0.423 e. The largest absolute Gasteiger partial charge is 0.423 e. The SMILES string of the molecule is Cc1cc(=O)oc2cc(NC(=S)NC34CC5CC(CC(C5)C3)C4)ccc12. The Balaban J connectivity index is 1.34. The van der Waals surface area contributed by atoms with Crippen LogP contribution < -0.4 is 16.3 Å². The van der Waals surface area contributed by atoms with Gasteiger partial charge < -0.3 is 15.1 Å². The van der Waals surface area contributed by atoms with E-state index in [0.29, 0.717) is 10.7 Å². The van der Waals surface area contributed by atoms with Crippen molar-refractivity contribution in [1.82, 2.24) is 5.32 Å². The first-order valence-electron chi connectivity index (χ1n) is 9.62. The second-order valence-corrected chi connectivity index (χ2v) is 9.14. The Labute approximate surface area is 158 Å². The highest BCUT2D eigenvalue weighted by molar-refractivity contribution is 7.80. The fraction of sp³-hybridized carbons (Fsp3) is 0.524. The molecule has 1 heterocycles. The molecular weight excluding hydrogens is 344 g/mol. The number of thiocarbonyl (C=S) groups is 1. The number of hydrogen-bond acceptors (Lipinski definition) is 3. The number of hydrogen-bond donors (Lipinski definition) is 2. The molecule has 0 spiro atoms. The lowest BCUT2D eigenvalue weighted by molar-refractivity contribution is -0.00972. The Hall–Kier alpha value is -1.88. The van der Waals surface area contributed by atoms with Gasteiger partial charge in [0.2, 0.25) is 0 Å². The lowest BCUT2D eigenvalue weighted by Crippen LogP contribution is -2.60. The van der Waals surface area contributed by atoms with Crippen molar-refractivity contribution in [3.63, 3.8) is 0 Å². The van der Waals surface area contributed by atoms with Gasteiger partial charge in [0.05, 0.1) is 0 Å². The van der Waals surface area contributed by atoms with Crippen molar-refractivity contribution in [1.29, 1.82) is 0 Å². The van der Waals surface area contributed by atoms with E-state index < -0.39 is 0 Å². The van der Waals surface area contributed by atoms with Crippen molar-refractivity contribution < 1.29 is 4.42 Å². The van der Waals surface area contributed by atoms with Gasteiger partial charge >= 0.3 is 5.63 Å². The molecule has 2 N–H and O–H groups in total. The number of benzene rings is 1. The van der Waals surface area contributed by atoms with Crippen molar-refractivity contribution in [2.45, 2.75) is 51.0 Å². The van der Waals surface area contributed by atoms with Gasteiger partial charge in [-0.3, -0.25) is 0 Å². The van der Waals surface area contributed by atoms with E-state index in [4.69, 9.17) is 16.6 Å². The van der Waals surface area contributed by atoms with E-state index in [-0.39, 0.29) is 11.2 Å². The molecule has 6 rings (SSSR count). The van der Waals surface area contributed by atoms with Gasteiger partial charge in [0.25, 0.3) is 0 Å². The van der Waals surface area contributed by atoms with E-state index in [1.54, 1.807) is 0 Å². The fourth-order valence-electron chi connectivity index (χ4n) is 6.07. The molecule has 4 saturated carbocycles. The highest BCUT2D eigenvalue weighted by atomic mass is 32.1. The van der Waals surface area contributed by atoms with Crippen LogP contribution in [0.2, 0.25) is 0 Å². The molecule has 1 aromatic heterocycles. The second kappa shape index (κ2) is 5.81. The summed E-state index contributed by atoms with van der Waals surface area (Å²) in [5.41, 5.74) is 2.25. The quantitative estimate of drug-likeness (QED) is 0.609. The lowest BCUT2D eigenvalue weighted by Gasteiger charge is -2.57. The first kappa shape index (κ1) is 16.3. The molecule has 26 heavy (non-hydrogen) atoms. The molecule has 4 bridgehead atoms. The van der Waals surface area contributed by atoms with Crippen molar-refractivity contribution in [2.24, 2.45) is 17.8 Å². The van der Waals surface area contributed by atoms with Crippen LogP contribution in [-0.2, 0) is 0 Å². The van der Waals surface area contributed by atoms with Crippen molar-refractivity contribution in [2.75, 3.05) is 5.32 Å². The number of rotatable bonds is 2. The van der Waals surface area contributed by atoms with E-state index in [1.807, 2.05) is 25.1 Å². The molecule has 0 aliphatic heterocycles. The normalized spacial score (nSPS) is 32.0. The third-order valence-electron chi connectivity index (χ3n) is 6.63. The van der Waals surface area contributed by atoms with Gasteiger partial charge in [0.15, 0.2) is 5.11 Å². The standard InChI is InChI=1S/C21H24N2O2S/c1-12-4-19(24)25-18-8-16(2-3-17(12)18)22-20(26)23-21-9-13-5-14(10-21)7-15(6-13)11-21/h2-4,8,13-15H,5-7,9-11H2,1H3,(H2,22,23,26). The summed E-state index contributed by atoms with van der Waals surface area (Å²) >= 11 is 5.63. The summed E-state index contributed by atoms with van der Waals surface area (Å²) in [6.07, 6.45) is 8.03. The van der Waals surface area contributed by atoms with Crippen LogP contribution in [0.3, 0.4) is 0 Å². The molecule has 4 aliphatic rings. The highest BCUT2D eigenvalue weighted by Gasteiger charge is 2.51. The third kappa shape index (κ3) is 2.82. The molecule has 0 atom stereocenters. The van der Waals surface area contributed by atoms with Gasteiger partial charge in [-0.2, -0.15) is 0 Å². The number of anilines is 1. The summed E-state index contributed by atoms with van der Waals surface area (Å²) in [7, 11) is 0. The zero-order valence-electron chi connectivity index (χ0n) is 15.0. The molecule has 0 radical (unpaired) electrons. The lowest BCUT2D eigenvalue weighted by atomic mass is 9.53. The maximum absolute atomic E-state index is 11.6. The first-order chi connectivity index (χ1) is 12.5. The van der Waals surface area contributed by atoms with E-state index in [0.717, 1.165) is 34.4 Å². The van der Waals surface area contributed by atoms with Crippen LogP contribution in [0, 0.1) is 24.7 Å². The average Bonchev–Trinajstić information content (AvgIpc) is 2.52. The van der Waals surface area contributed by atoms with Crippen LogP contribution in [0.4, 0.5) is 5.69 Å². The first-order valence-corrected chi connectivity index (χ1v) is 10.0. The van der Waals surface area contributed by atoms with Crippen LogP contribution >= 0.6 is 12.2 Å². The zero-order chi connectivity index (χ0) is 17.9. The molecule has 0 amide bonds. The molecule has 1 aromatic carbocycles. The fourth-order valence-corrected chi connectivity index (χ4v) is 6.40. The molecule has 0 unspecified atom stereocenters. The molecule has 4 nitrogen and oxygen atoms in total. The summed E-state index contributed by atoms with van der Waals surface area (Å²) in [6, 6.07) is 7.35.